The highest BCUT2D eigenvalue weighted by atomic mass is 35.5. The van der Waals surface area contributed by atoms with Gasteiger partial charge < -0.3 is 10.6 Å². The molecule has 1 aromatic carbocycles. The predicted octanol–water partition coefficient (Wildman–Crippen LogP) is 4.64. The molecule has 1 atom stereocenters. The van der Waals surface area contributed by atoms with Gasteiger partial charge in [-0.05, 0) is 43.9 Å². The van der Waals surface area contributed by atoms with E-state index in [1.807, 2.05) is 19.1 Å². The zero-order chi connectivity index (χ0) is 15.0. The minimum Gasteiger partial charge on any atom is -0.371 e. The van der Waals surface area contributed by atoms with Crippen LogP contribution in [0.5, 0.6) is 0 Å². The number of hydrogen-bond donors (Lipinski definition) is 1. The zero-order valence-corrected chi connectivity index (χ0v) is 13.9. The Morgan fingerprint density at radius 1 is 1.15 bits per heavy atom. The summed E-state index contributed by atoms with van der Waals surface area (Å²) in [7, 11) is 0. The summed E-state index contributed by atoms with van der Waals surface area (Å²) in [6, 6.07) is 6.34. The maximum atomic E-state index is 6.40. The minimum atomic E-state index is 0.132. The minimum absolute atomic E-state index is 0.132. The van der Waals surface area contributed by atoms with Gasteiger partial charge in [0.15, 0.2) is 0 Å². The van der Waals surface area contributed by atoms with Crippen molar-refractivity contribution < 1.29 is 0 Å². The number of rotatable bonds is 9. The number of halogens is 1. The number of unbranched alkanes of at least 4 members (excludes halogenated alkanes) is 2. The van der Waals surface area contributed by atoms with Gasteiger partial charge >= 0.3 is 0 Å². The van der Waals surface area contributed by atoms with Crippen molar-refractivity contribution in [2.45, 2.75) is 58.9 Å². The standard InChI is InChI=1S/C17H29ClN2/c1-4-6-11-20(12-7-5-2)17-10-8-9-16(18)15(17)13-14(3)19/h8-10,14H,4-7,11-13,19H2,1-3H3. The molecule has 0 aromatic heterocycles. The second-order valence-corrected chi connectivity index (χ2v) is 6.02. The quantitative estimate of drug-likeness (QED) is 0.719. The molecule has 20 heavy (non-hydrogen) atoms. The normalized spacial score (nSPS) is 12.4. The average molecular weight is 297 g/mol. The molecule has 0 aliphatic heterocycles. The maximum Gasteiger partial charge on any atom is 0.0459 e. The largest absolute Gasteiger partial charge is 0.371 e. The topological polar surface area (TPSA) is 29.3 Å². The van der Waals surface area contributed by atoms with E-state index in [0.29, 0.717) is 0 Å². The molecule has 0 aliphatic carbocycles. The van der Waals surface area contributed by atoms with Crippen LogP contribution in [-0.2, 0) is 6.42 Å². The summed E-state index contributed by atoms with van der Waals surface area (Å²) in [6.07, 6.45) is 5.70. The van der Waals surface area contributed by atoms with E-state index in [1.165, 1.54) is 36.9 Å². The molecule has 0 spiro atoms. The third-order valence-electron chi connectivity index (χ3n) is 3.52. The predicted molar refractivity (Wildman–Crippen MR) is 90.8 cm³/mol. The molecule has 1 rings (SSSR count). The Labute approximate surface area is 129 Å². The van der Waals surface area contributed by atoms with E-state index in [2.05, 4.69) is 24.8 Å². The van der Waals surface area contributed by atoms with Crippen LogP contribution in [0, 0.1) is 0 Å². The summed E-state index contributed by atoms with van der Waals surface area (Å²) in [5, 5.41) is 0.845. The summed E-state index contributed by atoms with van der Waals surface area (Å²) in [4.78, 5) is 2.48. The molecule has 0 saturated carbocycles. The van der Waals surface area contributed by atoms with Crippen LogP contribution < -0.4 is 10.6 Å². The van der Waals surface area contributed by atoms with Crippen molar-refractivity contribution in [1.29, 1.82) is 0 Å². The summed E-state index contributed by atoms with van der Waals surface area (Å²) >= 11 is 6.40. The lowest BCUT2D eigenvalue weighted by molar-refractivity contribution is 0.669. The average Bonchev–Trinajstić information content (AvgIpc) is 2.41. The van der Waals surface area contributed by atoms with Crippen LogP contribution in [-0.4, -0.2) is 19.1 Å². The molecule has 0 radical (unpaired) electrons. The number of hydrogen-bond acceptors (Lipinski definition) is 2. The first kappa shape index (κ1) is 17.3. The van der Waals surface area contributed by atoms with Crippen molar-refractivity contribution in [1.82, 2.24) is 0 Å². The van der Waals surface area contributed by atoms with Gasteiger partial charge in [-0.3, -0.25) is 0 Å². The van der Waals surface area contributed by atoms with Gasteiger partial charge in [0.2, 0.25) is 0 Å². The molecule has 2 N–H and O–H groups in total. The van der Waals surface area contributed by atoms with E-state index >= 15 is 0 Å². The molecule has 2 nitrogen and oxygen atoms in total. The van der Waals surface area contributed by atoms with E-state index in [0.717, 1.165) is 24.5 Å². The van der Waals surface area contributed by atoms with Crippen molar-refractivity contribution in [2.75, 3.05) is 18.0 Å². The summed E-state index contributed by atoms with van der Waals surface area (Å²) in [5.41, 5.74) is 8.47. The van der Waals surface area contributed by atoms with E-state index in [9.17, 15) is 0 Å². The van der Waals surface area contributed by atoms with Crippen LogP contribution >= 0.6 is 11.6 Å². The number of nitrogens with two attached hydrogens (primary N) is 1. The lowest BCUT2D eigenvalue weighted by Crippen LogP contribution is -2.28. The second kappa shape index (κ2) is 9.25. The highest BCUT2D eigenvalue weighted by Gasteiger charge is 2.14. The van der Waals surface area contributed by atoms with Gasteiger partial charge in [0.1, 0.15) is 0 Å². The molecule has 1 unspecified atom stereocenters. The molecule has 0 saturated heterocycles. The van der Waals surface area contributed by atoms with Crippen LogP contribution in [0.3, 0.4) is 0 Å². The molecular weight excluding hydrogens is 268 g/mol. The molecule has 3 heteroatoms. The maximum absolute atomic E-state index is 6.40. The van der Waals surface area contributed by atoms with E-state index in [-0.39, 0.29) is 6.04 Å². The van der Waals surface area contributed by atoms with Crippen LogP contribution in [0.4, 0.5) is 5.69 Å². The summed E-state index contributed by atoms with van der Waals surface area (Å²) < 4.78 is 0. The Kier molecular flexibility index (Phi) is 8.01. The van der Waals surface area contributed by atoms with E-state index in [1.54, 1.807) is 0 Å². The fourth-order valence-electron chi connectivity index (χ4n) is 2.42. The monoisotopic (exact) mass is 296 g/mol. The van der Waals surface area contributed by atoms with Crippen LogP contribution in [0.1, 0.15) is 52.0 Å². The summed E-state index contributed by atoms with van der Waals surface area (Å²) in [5.74, 6) is 0. The van der Waals surface area contributed by atoms with Gasteiger partial charge in [0.25, 0.3) is 0 Å². The van der Waals surface area contributed by atoms with Crippen LogP contribution in [0.2, 0.25) is 5.02 Å². The second-order valence-electron chi connectivity index (χ2n) is 5.61. The first-order valence-corrected chi connectivity index (χ1v) is 8.25. The molecular formula is C17H29ClN2. The lowest BCUT2D eigenvalue weighted by Gasteiger charge is -2.28. The third-order valence-corrected chi connectivity index (χ3v) is 3.88. The highest BCUT2D eigenvalue weighted by Crippen LogP contribution is 2.29. The molecule has 0 heterocycles. The Balaban J connectivity index is 3.00. The molecule has 0 amide bonds. The number of nitrogens with zero attached hydrogens (tertiary/aromatic N) is 1. The highest BCUT2D eigenvalue weighted by molar-refractivity contribution is 6.31. The van der Waals surface area contributed by atoms with E-state index < -0.39 is 0 Å². The molecule has 0 fully saturated rings. The Morgan fingerprint density at radius 3 is 2.25 bits per heavy atom. The fraction of sp³-hybridized carbons (Fsp3) is 0.647. The van der Waals surface area contributed by atoms with Crippen molar-refractivity contribution in [3.8, 4) is 0 Å². The Bertz CT molecular complexity index is 383. The van der Waals surface area contributed by atoms with Gasteiger partial charge in [-0.1, -0.05) is 44.4 Å². The Morgan fingerprint density at radius 2 is 1.75 bits per heavy atom. The summed E-state index contributed by atoms with van der Waals surface area (Å²) in [6.45, 7) is 8.71. The Hall–Kier alpha value is -0.730. The van der Waals surface area contributed by atoms with Gasteiger partial charge in [-0.2, -0.15) is 0 Å². The van der Waals surface area contributed by atoms with Crippen molar-refractivity contribution in [3.63, 3.8) is 0 Å². The first-order chi connectivity index (χ1) is 9.60. The van der Waals surface area contributed by atoms with E-state index in [4.69, 9.17) is 17.3 Å². The lowest BCUT2D eigenvalue weighted by atomic mass is 10.0. The van der Waals surface area contributed by atoms with Gasteiger partial charge in [0, 0.05) is 29.8 Å². The molecule has 114 valence electrons. The smallest absolute Gasteiger partial charge is 0.0459 e. The SMILES string of the molecule is CCCCN(CCCC)c1cccc(Cl)c1CC(C)N. The van der Waals surface area contributed by atoms with Crippen molar-refractivity contribution in [3.05, 3.63) is 28.8 Å². The third kappa shape index (κ3) is 5.34. The zero-order valence-electron chi connectivity index (χ0n) is 13.2. The van der Waals surface area contributed by atoms with Crippen LogP contribution in [0.25, 0.3) is 0 Å². The first-order valence-electron chi connectivity index (χ1n) is 7.88. The van der Waals surface area contributed by atoms with Crippen LogP contribution in [0.15, 0.2) is 18.2 Å². The molecule has 0 bridgehead atoms. The number of anilines is 1. The van der Waals surface area contributed by atoms with Gasteiger partial charge in [-0.15, -0.1) is 0 Å². The molecule has 1 aromatic rings. The number of benzene rings is 1. The van der Waals surface area contributed by atoms with Gasteiger partial charge in [0.05, 0.1) is 0 Å². The molecule has 0 aliphatic rings. The van der Waals surface area contributed by atoms with Crippen molar-refractivity contribution >= 4 is 17.3 Å². The van der Waals surface area contributed by atoms with Crippen molar-refractivity contribution in [2.24, 2.45) is 5.73 Å². The van der Waals surface area contributed by atoms with Gasteiger partial charge in [-0.25, -0.2) is 0 Å². The fourth-order valence-corrected chi connectivity index (χ4v) is 2.66.